The summed E-state index contributed by atoms with van der Waals surface area (Å²) in [6.45, 7) is 4.54. The number of halogens is 1. The number of carbonyl (C=O) groups is 1. The molecule has 0 radical (unpaired) electrons. The maximum atomic E-state index is 13.6. The molecule has 1 N–H and O–H groups in total. The van der Waals surface area contributed by atoms with Crippen LogP contribution in [0.15, 0.2) is 52.9 Å². The van der Waals surface area contributed by atoms with Gasteiger partial charge in [0.2, 0.25) is 0 Å². The van der Waals surface area contributed by atoms with E-state index < -0.39 is 5.82 Å². The van der Waals surface area contributed by atoms with Gasteiger partial charge in [-0.05, 0) is 24.3 Å². The van der Waals surface area contributed by atoms with Crippen LogP contribution in [-0.4, -0.2) is 55.1 Å². The summed E-state index contributed by atoms with van der Waals surface area (Å²) >= 11 is 0. The molecule has 2 heterocycles. The zero-order valence-corrected chi connectivity index (χ0v) is 14.9. The van der Waals surface area contributed by atoms with Crippen molar-refractivity contribution >= 4 is 23.0 Å². The first-order valence-corrected chi connectivity index (χ1v) is 9.06. The van der Waals surface area contributed by atoms with Gasteiger partial charge in [0.1, 0.15) is 11.3 Å². The average molecular weight is 368 g/mol. The first-order valence-electron chi connectivity index (χ1n) is 9.06. The second-order valence-electron chi connectivity index (χ2n) is 6.53. The first-order chi connectivity index (χ1) is 13.2. The fourth-order valence-electron chi connectivity index (χ4n) is 3.23. The molecule has 0 saturated carbocycles. The van der Waals surface area contributed by atoms with Crippen LogP contribution in [-0.2, 0) is 0 Å². The molecule has 7 heteroatoms. The van der Waals surface area contributed by atoms with E-state index in [0.717, 1.165) is 43.8 Å². The highest BCUT2D eigenvalue weighted by Crippen LogP contribution is 2.22. The van der Waals surface area contributed by atoms with E-state index in [0.29, 0.717) is 12.6 Å². The molecule has 0 atom stereocenters. The van der Waals surface area contributed by atoms with E-state index in [1.54, 1.807) is 12.1 Å². The van der Waals surface area contributed by atoms with Crippen LogP contribution in [0.3, 0.4) is 0 Å². The second kappa shape index (κ2) is 7.75. The van der Waals surface area contributed by atoms with Crippen molar-refractivity contribution in [3.8, 4) is 0 Å². The lowest BCUT2D eigenvalue weighted by Gasteiger charge is -2.33. The van der Waals surface area contributed by atoms with E-state index >= 15 is 0 Å². The van der Waals surface area contributed by atoms with Crippen LogP contribution in [0.25, 0.3) is 11.1 Å². The van der Waals surface area contributed by atoms with Gasteiger partial charge < -0.3 is 14.6 Å². The molecule has 1 aliphatic rings. The lowest BCUT2D eigenvalue weighted by molar-refractivity contribution is 0.0943. The van der Waals surface area contributed by atoms with Gasteiger partial charge in [0.15, 0.2) is 5.58 Å². The Morgan fingerprint density at radius 3 is 2.59 bits per heavy atom. The SMILES string of the molecule is O=C(NCCN1CCN(c2nc3ccccc3o2)CC1)c1ccccc1F. The molecule has 4 rings (SSSR count). The van der Waals surface area contributed by atoms with Crippen LogP contribution < -0.4 is 10.2 Å². The Morgan fingerprint density at radius 1 is 1.07 bits per heavy atom. The molecule has 1 fully saturated rings. The number of para-hydroxylation sites is 2. The van der Waals surface area contributed by atoms with E-state index in [1.165, 1.54) is 12.1 Å². The van der Waals surface area contributed by atoms with Crippen molar-refractivity contribution in [3.63, 3.8) is 0 Å². The van der Waals surface area contributed by atoms with Crippen molar-refractivity contribution in [1.82, 2.24) is 15.2 Å². The molecule has 0 bridgehead atoms. The first kappa shape index (κ1) is 17.5. The molecule has 1 aliphatic heterocycles. The van der Waals surface area contributed by atoms with Gasteiger partial charge in [0.05, 0.1) is 5.56 Å². The summed E-state index contributed by atoms with van der Waals surface area (Å²) in [5, 5.41) is 2.78. The number of hydrogen-bond acceptors (Lipinski definition) is 5. The standard InChI is InChI=1S/C20H21FN4O2/c21-16-6-2-1-5-15(16)19(26)22-9-10-24-11-13-25(14-12-24)20-23-17-7-3-4-8-18(17)27-20/h1-8H,9-14H2,(H,22,26). The molecule has 0 spiro atoms. The van der Waals surface area contributed by atoms with Gasteiger partial charge in [-0.2, -0.15) is 4.98 Å². The smallest absolute Gasteiger partial charge is 0.298 e. The average Bonchev–Trinajstić information content (AvgIpc) is 3.13. The van der Waals surface area contributed by atoms with Gasteiger partial charge in [0, 0.05) is 39.3 Å². The number of rotatable bonds is 5. The Hall–Kier alpha value is -2.93. The summed E-state index contributed by atoms with van der Waals surface area (Å²) in [5.41, 5.74) is 1.75. The number of anilines is 1. The predicted molar refractivity (Wildman–Crippen MR) is 101 cm³/mol. The lowest BCUT2D eigenvalue weighted by atomic mass is 10.2. The highest BCUT2D eigenvalue weighted by Gasteiger charge is 2.21. The minimum Gasteiger partial charge on any atom is -0.423 e. The van der Waals surface area contributed by atoms with Gasteiger partial charge in [-0.3, -0.25) is 9.69 Å². The highest BCUT2D eigenvalue weighted by atomic mass is 19.1. The fourth-order valence-corrected chi connectivity index (χ4v) is 3.23. The quantitative estimate of drug-likeness (QED) is 0.750. The molecule has 3 aromatic rings. The minimum atomic E-state index is -0.498. The van der Waals surface area contributed by atoms with Crippen molar-refractivity contribution in [3.05, 3.63) is 59.9 Å². The molecule has 1 saturated heterocycles. The maximum Gasteiger partial charge on any atom is 0.298 e. The molecule has 27 heavy (non-hydrogen) atoms. The Morgan fingerprint density at radius 2 is 1.81 bits per heavy atom. The minimum absolute atomic E-state index is 0.0817. The van der Waals surface area contributed by atoms with Crippen LogP contribution >= 0.6 is 0 Å². The number of piperazine rings is 1. The summed E-state index contributed by atoms with van der Waals surface area (Å²) in [4.78, 5) is 21.0. The van der Waals surface area contributed by atoms with Crippen molar-refractivity contribution in [1.29, 1.82) is 0 Å². The highest BCUT2D eigenvalue weighted by molar-refractivity contribution is 5.94. The maximum absolute atomic E-state index is 13.6. The number of oxazole rings is 1. The van der Waals surface area contributed by atoms with Gasteiger partial charge >= 0.3 is 0 Å². The third-order valence-corrected chi connectivity index (χ3v) is 4.76. The van der Waals surface area contributed by atoms with Crippen molar-refractivity contribution in [2.75, 3.05) is 44.2 Å². The van der Waals surface area contributed by atoms with Gasteiger partial charge in [0.25, 0.3) is 11.9 Å². The molecule has 140 valence electrons. The number of aromatic nitrogens is 1. The summed E-state index contributed by atoms with van der Waals surface area (Å²) in [7, 11) is 0. The number of carbonyl (C=O) groups excluding carboxylic acids is 1. The van der Waals surface area contributed by atoms with Crippen molar-refractivity contribution in [2.24, 2.45) is 0 Å². The molecular weight excluding hydrogens is 347 g/mol. The van der Waals surface area contributed by atoms with Gasteiger partial charge in [-0.1, -0.05) is 24.3 Å². The Balaban J connectivity index is 1.25. The molecule has 2 aromatic carbocycles. The Bertz CT molecular complexity index is 901. The number of amides is 1. The molecular formula is C20H21FN4O2. The molecule has 0 aliphatic carbocycles. The molecule has 1 aromatic heterocycles. The number of fused-ring (bicyclic) bond motifs is 1. The van der Waals surface area contributed by atoms with E-state index in [1.807, 2.05) is 24.3 Å². The zero-order valence-electron chi connectivity index (χ0n) is 14.9. The molecule has 6 nitrogen and oxygen atoms in total. The fraction of sp³-hybridized carbons (Fsp3) is 0.300. The molecule has 0 unspecified atom stereocenters. The third-order valence-electron chi connectivity index (χ3n) is 4.76. The van der Waals surface area contributed by atoms with Crippen molar-refractivity contribution < 1.29 is 13.6 Å². The summed E-state index contributed by atoms with van der Waals surface area (Å²) < 4.78 is 19.4. The summed E-state index contributed by atoms with van der Waals surface area (Å²) in [6.07, 6.45) is 0. The van der Waals surface area contributed by atoms with E-state index in [4.69, 9.17) is 4.42 Å². The molecule has 1 amide bonds. The normalized spacial score (nSPS) is 15.2. The monoisotopic (exact) mass is 368 g/mol. The summed E-state index contributed by atoms with van der Waals surface area (Å²) in [5.74, 6) is -0.875. The van der Waals surface area contributed by atoms with E-state index in [-0.39, 0.29) is 11.5 Å². The Labute approximate surface area is 156 Å². The third kappa shape index (κ3) is 3.93. The van der Waals surface area contributed by atoms with Crippen molar-refractivity contribution in [2.45, 2.75) is 0 Å². The Kier molecular flexibility index (Phi) is 5.02. The van der Waals surface area contributed by atoms with E-state index in [9.17, 15) is 9.18 Å². The van der Waals surface area contributed by atoms with Crippen LogP contribution in [0.1, 0.15) is 10.4 Å². The number of hydrogen-bond donors (Lipinski definition) is 1. The van der Waals surface area contributed by atoms with Gasteiger partial charge in [-0.25, -0.2) is 4.39 Å². The summed E-state index contributed by atoms with van der Waals surface area (Å²) in [6, 6.07) is 14.4. The second-order valence-corrected chi connectivity index (χ2v) is 6.53. The predicted octanol–water partition coefficient (Wildman–Crippen LogP) is 2.52. The topological polar surface area (TPSA) is 61.6 Å². The number of nitrogens with zero attached hydrogens (tertiary/aromatic N) is 3. The number of nitrogens with one attached hydrogen (secondary N) is 1. The zero-order chi connectivity index (χ0) is 18.6. The lowest BCUT2D eigenvalue weighted by Crippen LogP contribution is -2.48. The van der Waals surface area contributed by atoms with Crippen LogP contribution in [0.4, 0.5) is 10.4 Å². The van der Waals surface area contributed by atoms with Crippen LogP contribution in [0, 0.1) is 5.82 Å². The van der Waals surface area contributed by atoms with Crippen LogP contribution in [0.2, 0.25) is 0 Å². The van der Waals surface area contributed by atoms with E-state index in [2.05, 4.69) is 20.1 Å². The number of benzene rings is 2. The largest absolute Gasteiger partial charge is 0.423 e. The van der Waals surface area contributed by atoms with Gasteiger partial charge in [-0.15, -0.1) is 0 Å². The van der Waals surface area contributed by atoms with Crippen LogP contribution in [0.5, 0.6) is 0 Å².